The highest BCUT2D eigenvalue weighted by molar-refractivity contribution is 5.69. The van der Waals surface area contributed by atoms with Gasteiger partial charge in [-0.2, -0.15) is 0 Å². The molecule has 4 aromatic rings. The molecular weight excluding hydrogens is 765 g/mol. The van der Waals surface area contributed by atoms with Crippen molar-refractivity contribution >= 4 is 0 Å². The Hall–Kier alpha value is -4.88. The van der Waals surface area contributed by atoms with Crippen LogP contribution in [0.2, 0.25) is 0 Å². The first-order valence-corrected chi connectivity index (χ1v) is 21.9. The van der Waals surface area contributed by atoms with Gasteiger partial charge in [-0.25, -0.2) is 0 Å². The highest BCUT2D eigenvalue weighted by atomic mass is 16.7. The minimum atomic E-state index is -0.324. The van der Waals surface area contributed by atoms with Crippen LogP contribution in [0, 0.1) is 0 Å². The van der Waals surface area contributed by atoms with Gasteiger partial charge in [-0.3, -0.25) is 0 Å². The molecule has 6 N–H and O–H groups in total. The second kappa shape index (κ2) is 16.9. The van der Waals surface area contributed by atoms with E-state index in [0.29, 0.717) is 57.1 Å². The Labute approximate surface area is 352 Å². The van der Waals surface area contributed by atoms with Crippen LogP contribution >= 0.6 is 0 Å². The normalized spacial score (nSPS) is 20.3. The number of ether oxygens (including phenoxy) is 8. The van der Waals surface area contributed by atoms with Crippen LogP contribution in [0.3, 0.4) is 0 Å². The molecule has 4 aliphatic heterocycles. The fourth-order valence-corrected chi connectivity index (χ4v) is 10.8. The molecule has 2 atom stereocenters. The zero-order chi connectivity index (χ0) is 41.7. The molecule has 0 radical (unpaired) electrons. The Balaban J connectivity index is 1.50. The first-order valence-electron chi connectivity index (χ1n) is 21.9. The molecule has 0 fully saturated rings. The van der Waals surface area contributed by atoms with Gasteiger partial charge in [0.15, 0.2) is 0 Å². The molecule has 320 valence electrons. The smallest absolute Gasteiger partial charge is 0.230 e. The van der Waals surface area contributed by atoms with Crippen molar-refractivity contribution in [1.82, 2.24) is 0 Å². The van der Waals surface area contributed by atoms with E-state index in [4.69, 9.17) is 49.4 Å². The predicted octanol–water partition coefficient (Wildman–Crippen LogP) is 8.54. The van der Waals surface area contributed by atoms with Crippen LogP contribution in [-0.4, -0.2) is 37.4 Å². The Kier molecular flexibility index (Phi) is 11.4. The van der Waals surface area contributed by atoms with E-state index in [1.807, 2.05) is 0 Å². The second-order valence-corrected chi connectivity index (χ2v) is 16.5. The molecular formula is C48H58N2O10. The molecule has 0 amide bonds. The van der Waals surface area contributed by atoms with Gasteiger partial charge in [-0.05, 0) is 49.9 Å². The quantitative estimate of drug-likeness (QED) is 0.108. The van der Waals surface area contributed by atoms with Gasteiger partial charge in [-0.15, -0.1) is 0 Å². The van der Waals surface area contributed by atoms with Crippen molar-refractivity contribution in [2.75, 3.05) is 27.2 Å². The lowest BCUT2D eigenvalue weighted by Gasteiger charge is -2.37. The van der Waals surface area contributed by atoms with Gasteiger partial charge in [-0.1, -0.05) is 53.4 Å². The molecule has 2 unspecified atom stereocenters. The Bertz CT molecular complexity index is 1850. The van der Waals surface area contributed by atoms with Crippen LogP contribution in [0.15, 0.2) is 24.3 Å². The van der Waals surface area contributed by atoms with Crippen molar-refractivity contribution in [2.45, 2.75) is 129 Å². The van der Waals surface area contributed by atoms with Crippen molar-refractivity contribution in [2.24, 2.45) is 11.5 Å². The molecule has 0 spiro atoms. The van der Waals surface area contributed by atoms with E-state index < -0.39 is 0 Å². The zero-order valence-electron chi connectivity index (χ0n) is 35.2. The molecule has 12 nitrogen and oxygen atoms in total. The van der Waals surface area contributed by atoms with E-state index in [1.54, 1.807) is 0 Å². The molecule has 9 rings (SSSR count). The number of aliphatic hydroxyl groups excluding tert-OH is 2. The third-order valence-electron chi connectivity index (χ3n) is 13.2. The topological polar surface area (TPSA) is 166 Å². The molecule has 0 saturated carbocycles. The van der Waals surface area contributed by atoms with Gasteiger partial charge in [0.25, 0.3) is 0 Å². The standard InChI is InChI=1S/C48H58N2O10/c1-5-9-25-29-13-31-26(10-6-2)33-15-35-28(12-8-4)36-16-34-27(11-7-3)32-14-30(25)42-38(18-50)44(32)56-23-58-46(34)40(20-52)48(36)60-24-59-47(35)39(19-51)45(33)57-22-55-43(31)37(17-49)41(29)53-21-54-42/h13-16,25-28,51-52H,5-12,17-24,49-50H2,1-4H3. The van der Waals surface area contributed by atoms with Crippen LogP contribution in [0.1, 0.15) is 169 Å². The first kappa shape index (κ1) is 40.5. The van der Waals surface area contributed by atoms with Gasteiger partial charge in [0.05, 0.1) is 35.5 Å². The third-order valence-corrected chi connectivity index (χ3v) is 13.2. The summed E-state index contributed by atoms with van der Waals surface area (Å²) in [5.41, 5.74) is 23.9. The molecule has 5 aliphatic rings. The van der Waals surface area contributed by atoms with Gasteiger partial charge in [0, 0.05) is 81.3 Å². The van der Waals surface area contributed by atoms with E-state index in [2.05, 4.69) is 52.0 Å². The molecule has 4 heterocycles. The Morgan fingerprint density at radius 2 is 0.583 bits per heavy atom. The average molecular weight is 823 g/mol. The summed E-state index contributed by atoms with van der Waals surface area (Å²) >= 11 is 0. The summed E-state index contributed by atoms with van der Waals surface area (Å²) in [6, 6.07) is 9.04. The maximum absolute atomic E-state index is 11.3. The molecule has 0 aromatic heterocycles. The highest BCUT2D eigenvalue weighted by Gasteiger charge is 2.41. The monoisotopic (exact) mass is 822 g/mol. The third kappa shape index (κ3) is 6.32. The number of nitrogens with two attached hydrogens (primary N) is 2. The largest absolute Gasteiger partial charge is 0.457 e. The van der Waals surface area contributed by atoms with E-state index in [1.165, 1.54) is 0 Å². The number of benzene rings is 4. The zero-order valence-corrected chi connectivity index (χ0v) is 35.2. The molecule has 1 aliphatic carbocycles. The number of hydrogen-bond acceptors (Lipinski definition) is 12. The van der Waals surface area contributed by atoms with Gasteiger partial charge >= 0.3 is 0 Å². The molecule has 4 aromatic carbocycles. The lowest BCUT2D eigenvalue weighted by molar-refractivity contribution is 0.0910. The molecule has 12 heteroatoms. The predicted molar refractivity (Wildman–Crippen MR) is 225 cm³/mol. The van der Waals surface area contributed by atoms with E-state index in [9.17, 15) is 10.2 Å². The maximum atomic E-state index is 11.3. The fourth-order valence-electron chi connectivity index (χ4n) is 10.8. The molecule has 60 heavy (non-hydrogen) atoms. The maximum Gasteiger partial charge on any atom is 0.230 e. The molecule has 0 saturated heterocycles. The summed E-state index contributed by atoms with van der Waals surface area (Å²) in [5.74, 6) is 3.95. The lowest BCUT2D eigenvalue weighted by atomic mass is 9.74. The van der Waals surface area contributed by atoms with Crippen LogP contribution in [0.4, 0.5) is 0 Å². The SMILES string of the molecule is CCCC1c2cc3c4c(CN)c2OCOc2c1cc1c(c2CN)OCOc2c(cc5c(c2CO)OCOc2c(cc(c(c2CO)OCO4)C3CCC)C5CCC)C1CCC. The van der Waals surface area contributed by atoms with Crippen molar-refractivity contribution in [3.63, 3.8) is 0 Å². The Morgan fingerprint density at radius 1 is 0.383 bits per heavy atom. The van der Waals surface area contributed by atoms with Crippen molar-refractivity contribution in [1.29, 1.82) is 0 Å². The highest BCUT2D eigenvalue weighted by Crippen LogP contribution is 2.58. The number of rotatable bonds is 12. The van der Waals surface area contributed by atoms with Gasteiger partial charge in [0.1, 0.15) is 46.0 Å². The lowest BCUT2D eigenvalue weighted by Crippen LogP contribution is -2.26. The van der Waals surface area contributed by atoms with Crippen molar-refractivity contribution in [3.8, 4) is 46.0 Å². The van der Waals surface area contributed by atoms with E-state index in [-0.39, 0.29) is 77.1 Å². The minimum absolute atomic E-state index is 0.0807. The van der Waals surface area contributed by atoms with Crippen molar-refractivity contribution < 1.29 is 48.1 Å². The van der Waals surface area contributed by atoms with Gasteiger partial charge in [0.2, 0.25) is 27.2 Å². The van der Waals surface area contributed by atoms with Crippen LogP contribution in [0.25, 0.3) is 0 Å². The van der Waals surface area contributed by atoms with Crippen LogP contribution < -0.4 is 49.4 Å². The summed E-state index contributed by atoms with van der Waals surface area (Å²) in [6.07, 6.45) is 6.48. The van der Waals surface area contributed by atoms with Crippen LogP contribution in [0.5, 0.6) is 46.0 Å². The summed E-state index contributed by atoms with van der Waals surface area (Å²) < 4.78 is 52.8. The summed E-state index contributed by atoms with van der Waals surface area (Å²) in [5, 5.41) is 22.6. The van der Waals surface area contributed by atoms with E-state index in [0.717, 1.165) is 107 Å². The van der Waals surface area contributed by atoms with E-state index >= 15 is 0 Å². The van der Waals surface area contributed by atoms with Crippen LogP contribution in [-0.2, 0) is 26.3 Å². The Morgan fingerprint density at radius 3 is 0.750 bits per heavy atom. The number of hydrogen-bond donors (Lipinski definition) is 4. The first-order chi connectivity index (χ1) is 29.5. The molecule has 8 bridgehead atoms. The summed E-state index contributed by atoms with van der Waals surface area (Å²) in [6.45, 7) is 7.92. The number of aliphatic hydroxyl groups is 2. The minimum Gasteiger partial charge on any atom is -0.457 e. The summed E-state index contributed by atoms with van der Waals surface area (Å²) in [7, 11) is 0. The fraction of sp³-hybridized carbons (Fsp3) is 0.500. The van der Waals surface area contributed by atoms with Gasteiger partial charge < -0.3 is 59.6 Å². The summed E-state index contributed by atoms with van der Waals surface area (Å²) in [4.78, 5) is 0. The second-order valence-electron chi connectivity index (χ2n) is 16.5. The average Bonchev–Trinajstić information content (AvgIpc) is 3.24. The van der Waals surface area contributed by atoms with Crippen molar-refractivity contribution in [3.05, 3.63) is 91.0 Å².